The van der Waals surface area contributed by atoms with Crippen LogP contribution in [-0.4, -0.2) is 37.2 Å². The molecule has 0 aliphatic heterocycles. The van der Waals surface area contributed by atoms with Gasteiger partial charge in [0, 0.05) is 19.3 Å². The summed E-state index contributed by atoms with van der Waals surface area (Å²) in [5.74, 6) is -1.01. The van der Waals surface area contributed by atoms with Crippen LogP contribution in [0.15, 0.2) is 122 Å². The van der Waals surface area contributed by atoms with Crippen molar-refractivity contribution in [1.82, 2.24) is 0 Å². The van der Waals surface area contributed by atoms with E-state index in [2.05, 4.69) is 136 Å². The third kappa shape index (κ3) is 58.7. The van der Waals surface area contributed by atoms with Gasteiger partial charge in [-0.2, -0.15) is 0 Å². The van der Waals surface area contributed by atoms with Gasteiger partial charge in [-0.25, -0.2) is 0 Å². The molecule has 0 spiro atoms. The standard InChI is InChI=1S/C68H112O6/c1-4-7-10-13-16-19-22-25-28-31-34-37-40-43-46-49-52-55-58-61-67(70)73-64-65(63-72-66(69)60-57-54-51-48-45-42-39-36-33-30-27-24-21-18-15-12-9-6-3)74-68(71)62-59-56-53-50-47-44-41-38-35-32-29-26-23-20-17-14-11-8-5-2/h7-8,10-11,16-17,19-20,25-26,28-29,34-35,37-38,43,46,52,55,65H,4-6,9,12-15,18,21-24,27,30-33,36,39-42,44-45,47-51,53-54,56-64H2,1-3H3/b10-7-,11-8-,19-16-,20-17-,28-25-,29-26-,37-34-,38-35-,46-43-,55-52-. The van der Waals surface area contributed by atoms with Crippen molar-refractivity contribution in [3.8, 4) is 0 Å². The molecular formula is C68H112O6. The Bertz CT molecular complexity index is 1550. The van der Waals surface area contributed by atoms with Gasteiger partial charge in [0.2, 0.25) is 0 Å². The summed E-state index contributed by atoms with van der Waals surface area (Å²) in [6, 6.07) is 0. The SMILES string of the molecule is CC/C=C\C/C=C\C/C=C\C/C=C\C/C=C\C/C=C\CCC(=O)OCC(COC(=O)CCCCCCCCCCCCCCCCCCCC)OC(=O)CCCCCCCC/C=C\C/C=C\C/C=C\C/C=C\CC. The molecule has 6 heteroatoms. The Kier molecular flexibility index (Phi) is 57.9. The Labute approximate surface area is 456 Å². The van der Waals surface area contributed by atoms with E-state index in [1.165, 1.54) is 109 Å². The van der Waals surface area contributed by atoms with E-state index in [0.717, 1.165) is 116 Å². The third-order valence-corrected chi connectivity index (χ3v) is 12.7. The smallest absolute Gasteiger partial charge is 0.306 e. The van der Waals surface area contributed by atoms with Crippen LogP contribution in [0.4, 0.5) is 0 Å². The molecule has 1 atom stereocenters. The van der Waals surface area contributed by atoms with E-state index in [-0.39, 0.29) is 37.5 Å². The fraction of sp³-hybridized carbons (Fsp3) is 0.662. The van der Waals surface area contributed by atoms with Crippen LogP contribution in [0, 0.1) is 0 Å². The number of esters is 3. The zero-order valence-corrected chi connectivity index (χ0v) is 48.1. The van der Waals surface area contributed by atoms with Gasteiger partial charge in [0.15, 0.2) is 6.10 Å². The molecule has 420 valence electrons. The maximum Gasteiger partial charge on any atom is 0.306 e. The lowest BCUT2D eigenvalue weighted by Gasteiger charge is -2.18. The van der Waals surface area contributed by atoms with E-state index in [9.17, 15) is 14.4 Å². The predicted molar refractivity (Wildman–Crippen MR) is 320 cm³/mol. The molecule has 0 saturated carbocycles. The van der Waals surface area contributed by atoms with Gasteiger partial charge in [0.1, 0.15) is 13.2 Å². The number of hydrogen-bond donors (Lipinski definition) is 0. The molecule has 0 saturated heterocycles. The Morgan fingerprint density at radius 3 is 0.905 bits per heavy atom. The molecule has 0 aromatic rings. The number of carbonyl (C=O) groups excluding carboxylic acids is 3. The molecule has 0 rings (SSSR count). The first-order chi connectivity index (χ1) is 36.5. The molecule has 0 amide bonds. The summed E-state index contributed by atoms with van der Waals surface area (Å²) in [6.45, 7) is 6.35. The van der Waals surface area contributed by atoms with Crippen molar-refractivity contribution >= 4 is 17.9 Å². The molecule has 0 radical (unpaired) electrons. The van der Waals surface area contributed by atoms with Crippen molar-refractivity contribution in [3.05, 3.63) is 122 Å². The number of unbranched alkanes of at least 4 members (excludes halogenated alkanes) is 23. The molecule has 0 aromatic carbocycles. The number of allylic oxidation sites excluding steroid dienone is 20. The van der Waals surface area contributed by atoms with Crippen molar-refractivity contribution in [3.63, 3.8) is 0 Å². The van der Waals surface area contributed by atoms with Gasteiger partial charge < -0.3 is 14.2 Å². The Morgan fingerprint density at radius 2 is 0.554 bits per heavy atom. The molecule has 0 heterocycles. The predicted octanol–water partition coefficient (Wildman–Crippen LogP) is 20.8. The normalized spacial score (nSPS) is 13.0. The van der Waals surface area contributed by atoms with E-state index in [0.29, 0.717) is 19.3 Å². The van der Waals surface area contributed by atoms with Gasteiger partial charge in [-0.15, -0.1) is 0 Å². The molecule has 0 fully saturated rings. The van der Waals surface area contributed by atoms with Gasteiger partial charge >= 0.3 is 17.9 Å². The van der Waals surface area contributed by atoms with Crippen molar-refractivity contribution in [2.75, 3.05) is 13.2 Å². The molecule has 74 heavy (non-hydrogen) atoms. The quantitative estimate of drug-likeness (QED) is 0.0261. The highest BCUT2D eigenvalue weighted by atomic mass is 16.6. The summed E-state index contributed by atoms with van der Waals surface area (Å²) in [6.07, 6.45) is 84.9. The topological polar surface area (TPSA) is 78.9 Å². The molecule has 0 aromatic heterocycles. The minimum atomic E-state index is -0.819. The van der Waals surface area contributed by atoms with E-state index in [1.54, 1.807) is 0 Å². The first kappa shape index (κ1) is 69.8. The van der Waals surface area contributed by atoms with Crippen molar-refractivity contribution < 1.29 is 28.6 Å². The van der Waals surface area contributed by atoms with Gasteiger partial charge in [0.05, 0.1) is 0 Å². The summed E-state index contributed by atoms with van der Waals surface area (Å²) in [4.78, 5) is 38.3. The van der Waals surface area contributed by atoms with Crippen LogP contribution >= 0.6 is 0 Å². The van der Waals surface area contributed by atoms with E-state index in [1.807, 2.05) is 6.08 Å². The molecular weight excluding hydrogens is 913 g/mol. The van der Waals surface area contributed by atoms with Gasteiger partial charge in [-0.05, 0) is 96.3 Å². The summed E-state index contributed by atoms with van der Waals surface area (Å²) in [5, 5.41) is 0. The maximum atomic E-state index is 12.9. The van der Waals surface area contributed by atoms with Crippen molar-refractivity contribution in [2.45, 2.75) is 277 Å². The molecule has 1 unspecified atom stereocenters. The van der Waals surface area contributed by atoms with Crippen LogP contribution in [0.1, 0.15) is 271 Å². The van der Waals surface area contributed by atoms with Gasteiger partial charge in [0.25, 0.3) is 0 Å². The third-order valence-electron chi connectivity index (χ3n) is 12.7. The second-order valence-electron chi connectivity index (χ2n) is 19.9. The number of ether oxygens (including phenoxy) is 3. The summed E-state index contributed by atoms with van der Waals surface area (Å²) < 4.78 is 16.8. The van der Waals surface area contributed by atoms with Crippen LogP contribution in [0.2, 0.25) is 0 Å². The monoisotopic (exact) mass is 1020 g/mol. The molecule has 0 aliphatic carbocycles. The van der Waals surface area contributed by atoms with Crippen LogP contribution in [0.3, 0.4) is 0 Å². The first-order valence-electron chi connectivity index (χ1n) is 30.5. The lowest BCUT2D eigenvalue weighted by molar-refractivity contribution is -0.166. The number of rotatable bonds is 54. The second-order valence-corrected chi connectivity index (χ2v) is 19.9. The van der Waals surface area contributed by atoms with Crippen LogP contribution in [0.5, 0.6) is 0 Å². The highest BCUT2D eigenvalue weighted by Crippen LogP contribution is 2.16. The average Bonchev–Trinajstić information content (AvgIpc) is 3.40. The second kappa shape index (κ2) is 61.4. The highest BCUT2D eigenvalue weighted by Gasteiger charge is 2.19. The fourth-order valence-electron chi connectivity index (χ4n) is 8.23. The lowest BCUT2D eigenvalue weighted by atomic mass is 10.0. The number of carbonyl (C=O) groups is 3. The van der Waals surface area contributed by atoms with Crippen molar-refractivity contribution in [1.29, 1.82) is 0 Å². The zero-order chi connectivity index (χ0) is 53.6. The summed E-state index contributed by atoms with van der Waals surface area (Å²) >= 11 is 0. The molecule has 0 bridgehead atoms. The average molecular weight is 1030 g/mol. The van der Waals surface area contributed by atoms with E-state index < -0.39 is 6.10 Å². The van der Waals surface area contributed by atoms with E-state index in [4.69, 9.17) is 14.2 Å². The Balaban J connectivity index is 4.52. The van der Waals surface area contributed by atoms with Crippen LogP contribution < -0.4 is 0 Å². The van der Waals surface area contributed by atoms with Crippen LogP contribution in [-0.2, 0) is 28.6 Å². The van der Waals surface area contributed by atoms with Gasteiger partial charge in [-0.3, -0.25) is 14.4 Å². The minimum Gasteiger partial charge on any atom is -0.462 e. The van der Waals surface area contributed by atoms with Crippen molar-refractivity contribution in [2.24, 2.45) is 0 Å². The maximum absolute atomic E-state index is 12.9. The lowest BCUT2D eigenvalue weighted by Crippen LogP contribution is -2.30. The Morgan fingerprint density at radius 1 is 0.284 bits per heavy atom. The Hall–Kier alpha value is -4.19. The van der Waals surface area contributed by atoms with Gasteiger partial charge in [-0.1, -0.05) is 277 Å². The fourth-order valence-corrected chi connectivity index (χ4v) is 8.23. The van der Waals surface area contributed by atoms with Crippen LogP contribution in [0.25, 0.3) is 0 Å². The summed E-state index contributed by atoms with van der Waals surface area (Å²) in [5.41, 5.74) is 0. The molecule has 0 N–H and O–H groups in total. The minimum absolute atomic E-state index is 0.108. The largest absolute Gasteiger partial charge is 0.462 e. The highest BCUT2D eigenvalue weighted by molar-refractivity contribution is 5.71. The number of hydrogen-bond acceptors (Lipinski definition) is 6. The van der Waals surface area contributed by atoms with E-state index >= 15 is 0 Å². The molecule has 6 nitrogen and oxygen atoms in total. The summed E-state index contributed by atoms with van der Waals surface area (Å²) in [7, 11) is 0. The molecule has 0 aliphatic rings. The first-order valence-corrected chi connectivity index (χ1v) is 30.5. The zero-order valence-electron chi connectivity index (χ0n) is 48.1.